The standard InChI is InChI=1S/C19H23N3S/c1-14-8-10-16(11-9-14)19(12-3-4-13-19)22-18(23)21-17-7-5-6-15(2)20-17/h5-11H,3-4,12-13H2,1-2H3,(H2,20,21,22,23). The number of hydrogen-bond donors (Lipinski definition) is 2. The third kappa shape index (κ3) is 3.70. The van der Waals surface area contributed by atoms with Crippen molar-refractivity contribution in [2.45, 2.75) is 45.1 Å². The fourth-order valence-electron chi connectivity index (χ4n) is 3.31. The molecular formula is C19H23N3S. The van der Waals surface area contributed by atoms with Crippen molar-refractivity contribution in [2.24, 2.45) is 0 Å². The van der Waals surface area contributed by atoms with Gasteiger partial charge in [0.1, 0.15) is 5.82 Å². The van der Waals surface area contributed by atoms with Gasteiger partial charge in [-0.15, -0.1) is 0 Å². The number of thiocarbonyl (C=S) groups is 1. The lowest BCUT2D eigenvalue weighted by atomic mass is 9.88. The van der Waals surface area contributed by atoms with Crippen LogP contribution >= 0.6 is 12.2 Å². The van der Waals surface area contributed by atoms with Crippen molar-refractivity contribution in [3.63, 3.8) is 0 Å². The molecule has 120 valence electrons. The zero-order chi connectivity index (χ0) is 16.3. The molecule has 0 spiro atoms. The molecule has 1 fully saturated rings. The van der Waals surface area contributed by atoms with Gasteiger partial charge in [-0.3, -0.25) is 0 Å². The smallest absolute Gasteiger partial charge is 0.172 e. The van der Waals surface area contributed by atoms with Crippen LogP contribution in [0.25, 0.3) is 0 Å². The van der Waals surface area contributed by atoms with Crippen LogP contribution in [-0.4, -0.2) is 10.1 Å². The molecule has 1 aromatic carbocycles. The van der Waals surface area contributed by atoms with Crippen LogP contribution in [0, 0.1) is 13.8 Å². The van der Waals surface area contributed by atoms with E-state index < -0.39 is 0 Å². The maximum absolute atomic E-state index is 5.55. The van der Waals surface area contributed by atoms with E-state index in [1.807, 2.05) is 25.1 Å². The molecule has 4 heteroatoms. The number of rotatable bonds is 3. The number of aromatic nitrogens is 1. The molecule has 0 radical (unpaired) electrons. The van der Waals surface area contributed by atoms with E-state index in [1.165, 1.54) is 24.0 Å². The Hall–Kier alpha value is -1.94. The van der Waals surface area contributed by atoms with Crippen molar-refractivity contribution in [2.75, 3.05) is 5.32 Å². The summed E-state index contributed by atoms with van der Waals surface area (Å²) in [6.45, 7) is 4.10. The number of pyridine rings is 1. The zero-order valence-corrected chi connectivity index (χ0v) is 14.5. The highest BCUT2D eigenvalue weighted by Gasteiger charge is 2.36. The third-order valence-electron chi connectivity index (χ3n) is 4.54. The zero-order valence-electron chi connectivity index (χ0n) is 13.7. The first-order valence-corrected chi connectivity index (χ1v) is 8.58. The highest BCUT2D eigenvalue weighted by Crippen LogP contribution is 2.38. The number of benzene rings is 1. The normalized spacial score (nSPS) is 16.1. The molecule has 23 heavy (non-hydrogen) atoms. The molecule has 0 amide bonds. The first-order valence-electron chi connectivity index (χ1n) is 8.17. The minimum absolute atomic E-state index is 0.0540. The minimum Gasteiger partial charge on any atom is -0.353 e. The minimum atomic E-state index is -0.0540. The van der Waals surface area contributed by atoms with E-state index in [4.69, 9.17) is 12.2 Å². The van der Waals surface area contributed by atoms with Gasteiger partial charge in [0.15, 0.2) is 5.11 Å². The molecule has 0 unspecified atom stereocenters. The number of hydrogen-bond acceptors (Lipinski definition) is 2. The molecule has 3 rings (SSSR count). The Kier molecular flexibility index (Phi) is 4.62. The van der Waals surface area contributed by atoms with Crippen molar-refractivity contribution in [3.05, 3.63) is 59.3 Å². The summed E-state index contributed by atoms with van der Waals surface area (Å²) in [6, 6.07) is 14.7. The quantitative estimate of drug-likeness (QED) is 0.817. The molecule has 0 saturated heterocycles. The van der Waals surface area contributed by atoms with Gasteiger partial charge in [0, 0.05) is 5.69 Å². The van der Waals surface area contributed by atoms with Gasteiger partial charge in [0.2, 0.25) is 0 Å². The van der Waals surface area contributed by atoms with Gasteiger partial charge in [0.25, 0.3) is 0 Å². The number of anilines is 1. The summed E-state index contributed by atoms with van der Waals surface area (Å²) in [5.74, 6) is 0.791. The molecule has 3 nitrogen and oxygen atoms in total. The Labute approximate surface area is 143 Å². The van der Waals surface area contributed by atoms with E-state index in [-0.39, 0.29) is 5.54 Å². The summed E-state index contributed by atoms with van der Waals surface area (Å²) < 4.78 is 0. The molecule has 0 aliphatic heterocycles. The summed E-state index contributed by atoms with van der Waals surface area (Å²) >= 11 is 5.55. The van der Waals surface area contributed by atoms with Gasteiger partial charge < -0.3 is 10.6 Å². The van der Waals surface area contributed by atoms with Crippen LogP contribution < -0.4 is 10.6 Å². The van der Waals surface area contributed by atoms with E-state index >= 15 is 0 Å². The van der Waals surface area contributed by atoms with Crippen LogP contribution in [0.2, 0.25) is 0 Å². The maximum atomic E-state index is 5.55. The van der Waals surface area contributed by atoms with Crippen molar-refractivity contribution in [1.29, 1.82) is 0 Å². The molecule has 2 aromatic rings. The third-order valence-corrected chi connectivity index (χ3v) is 4.75. The van der Waals surface area contributed by atoms with E-state index in [9.17, 15) is 0 Å². The van der Waals surface area contributed by atoms with E-state index in [0.29, 0.717) is 5.11 Å². The molecule has 1 aromatic heterocycles. The molecule has 0 bridgehead atoms. The van der Waals surface area contributed by atoms with E-state index in [1.54, 1.807) is 0 Å². The van der Waals surface area contributed by atoms with Crippen molar-refractivity contribution in [3.8, 4) is 0 Å². The van der Waals surface area contributed by atoms with E-state index in [2.05, 4.69) is 46.8 Å². The van der Waals surface area contributed by atoms with Crippen LogP contribution in [0.1, 0.15) is 42.5 Å². The van der Waals surface area contributed by atoms with Gasteiger partial charge in [-0.1, -0.05) is 48.7 Å². The van der Waals surface area contributed by atoms with Crippen LogP contribution in [0.4, 0.5) is 5.82 Å². The largest absolute Gasteiger partial charge is 0.353 e. The van der Waals surface area contributed by atoms with Crippen LogP contribution in [0.5, 0.6) is 0 Å². The van der Waals surface area contributed by atoms with Crippen molar-refractivity contribution < 1.29 is 0 Å². The summed E-state index contributed by atoms with van der Waals surface area (Å²) in [7, 11) is 0. The second-order valence-corrected chi connectivity index (χ2v) is 6.81. The van der Waals surface area contributed by atoms with E-state index in [0.717, 1.165) is 24.4 Å². The Balaban J connectivity index is 1.77. The molecule has 1 aliphatic rings. The second kappa shape index (κ2) is 6.67. The molecule has 1 heterocycles. The molecule has 0 atom stereocenters. The Morgan fingerprint density at radius 1 is 1.04 bits per heavy atom. The number of nitrogens with zero attached hydrogens (tertiary/aromatic N) is 1. The summed E-state index contributed by atoms with van der Waals surface area (Å²) in [5.41, 5.74) is 3.53. The first kappa shape index (κ1) is 15.9. The maximum Gasteiger partial charge on any atom is 0.172 e. The lowest BCUT2D eigenvalue weighted by molar-refractivity contribution is 0.408. The Morgan fingerprint density at radius 2 is 1.74 bits per heavy atom. The number of aryl methyl sites for hydroxylation is 2. The Bertz CT molecular complexity index is 688. The lowest BCUT2D eigenvalue weighted by Crippen LogP contribution is -2.45. The molecule has 1 aliphatic carbocycles. The molecular weight excluding hydrogens is 302 g/mol. The van der Waals surface area contributed by atoms with Gasteiger partial charge in [0.05, 0.1) is 5.54 Å². The highest BCUT2D eigenvalue weighted by molar-refractivity contribution is 7.80. The second-order valence-electron chi connectivity index (χ2n) is 6.40. The fourth-order valence-corrected chi connectivity index (χ4v) is 3.61. The van der Waals surface area contributed by atoms with Gasteiger partial charge in [-0.05, 0) is 56.6 Å². The van der Waals surface area contributed by atoms with Crippen molar-refractivity contribution >= 4 is 23.1 Å². The van der Waals surface area contributed by atoms with Gasteiger partial charge in [-0.2, -0.15) is 0 Å². The highest BCUT2D eigenvalue weighted by atomic mass is 32.1. The predicted molar refractivity (Wildman–Crippen MR) is 99.7 cm³/mol. The van der Waals surface area contributed by atoms with Gasteiger partial charge >= 0.3 is 0 Å². The summed E-state index contributed by atoms with van der Waals surface area (Å²) in [5, 5.41) is 7.45. The van der Waals surface area contributed by atoms with Crippen LogP contribution in [0.15, 0.2) is 42.5 Å². The fraction of sp³-hybridized carbons (Fsp3) is 0.368. The summed E-state index contributed by atoms with van der Waals surface area (Å²) in [6.07, 6.45) is 4.68. The van der Waals surface area contributed by atoms with Crippen LogP contribution in [0.3, 0.4) is 0 Å². The molecule has 2 N–H and O–H groups in total. The number of nitrogens with one attached hydrogen (secondary N) is 2. The molecule has 1 saturated carbocycles. The van der Waals surface area contributed by atoms with Gasteiger partial charge in [-0.25, -0.2) is 4.98 Å². The SMILES string of the molecule is Cc1ccc(C2(NC(=S)Nc3cccc(C)n3)CCCC2)cc1. The topological polar surface area (TPSA) is 37.0 Å². The van der Waals surface area contributed by atoms with Crippen LogP contribution in [-0.2, 0) is 5.54 Å². The monoisotopic (exact) mass is 325 g/mol. The first-order chi connectivity index (χ1) is 11.1. The van der Waals surface area contributed by atoms with Crippen molar-refractivity contribution in [1.82, 2.24) is 10.3 Å². The average Bonchev–Trinajstić information content (AvgIpc) is 2.97. The Morgan fingerprint density at radius 3 is 2.39 bits per heavy atom. The summed E-state index contributed by atoms with van der Waals surface area (Å²) in [4.78, 5) is 4.46. The predicted octanol–water partition coefficient (Wildman–Crippen LogP) is 4.45. The lowest BCUT2D eigenvalue weighted by Gasteiger charge is -2.32. The average molecular weight is 325 g/mol.